The van der Waals surface area contributed by atoms with Crippen LogP contribution in [0.5, 0.6) is 0 Å². The molecule has 1 aromatic rings. The van der Waals surface area contributed by atoms with Crippen LogP contribution in [0.15, 0.2) is 12.1 Å². The number of hydrogen-bond acceptors (Lipinski definition) is 3. The number of halogens is 2. The lowest BCUT2D eigenvalue weighted by Crippen LogP contribution is -2.20. The molecule has 0 spiro atoms. The maximum absolute atomic E-state index is 13.9. The van der Waals surface area contributed by atoms with E-state index in [1.54, 1.807) is 0 Å². The first-order chi connectivity index (χ1) is 9.62. The molecule has 21 heavy (non-hydrogen) atoms. The van der Waals surface area contributed by atoms with E-state index in [4.69, 9.17) is 28.6 Å². The molecule has 0 aliphatic rings. The molecule has 1 aromatic carbocycles. The Morgan fingerprint density at radius 1 is 1.43 bits per heavy atom. The normalized spacial score (nSPS) is 11.1. The first-order valence-corrected chi connectivity index (χ1v) is 7.25. The minimum atomic E-state index is -0.575. The highest BCUT2D eigenvalue weighted by molar-refractivity contribution is 7.80. The Morgan fingerprint density at radius 2 is 2.05 bits per heavy atom. The number of hydrogen-bond donors (Lipinski definition) is 1. The molecule has 1 rings (SSSR count). The van der Waals surface area contributed by atoms with E-state index in [9.17, 15) is 9.18 Å². The molecule has 0 saturated heterocycles. The molecule has 6 heteroatoms. The Labute approximate surface area is 134 Å². The molecule has 116 valence electrons. The summed E-state index contributed by atoms with van der Waals surface area (Å²) in [6.07, 6.45) is 0.577. The molecule has 0 unspecified atom stereocenters. The lowest BCUT2D eigenvalue weighted by atomic mass is 9.92. The highest BCUT2D eigenvalue weighted by Crippen LogP contribution is 2.26. The average molecular weight is 332 g/mol. The second-order valence-corrected chi connectivity index (χ2v) is 6.82. The van der Waals surface area contributed by atoms with Crippen LogP contribution in [-0.4, -0.2) is 18.1 Å². The third-order valence-corrected chi connectivity index (χ3v) is 3.33. The number of carbonyl (C=O) groups excluding carboxylic acids is 1. The Kier molecular flexibility index (Phi) is 6.10. The quantitative estimate of drug-likeness (QED) is 0.832. The maximum atomic E-state index is 13.9. The van der Waals surface area contributed by atoms with Crippen LogP contribution in [0.2, 0.25) is 5.02 Å². The van der Waals surface area contributed by atoms with Gasteiger partial charge in [0.2, 0.25) is 5.91 Å². The SMILES string of the molecule is COC(=S)Cc1cc(NC(=O)CC(C)(C)C)c(F)cc1Cl. The van der Waals surface area contributed by atoms with Crippen molar-refractivity contribution < 1.29 is 13.9 Å². The lowest BCUT2D eigenvalue weighted by molar-refractivity contribution is -0.117. The average Bonchev–Trinajstić information content (AvgIpc) is 2.32. The second kappa shape index (κ2) is 7.18. The predicted octanol–water partition coefficient (Wildman–Crippen LogP) is 4.37. The van der Waals surface area contributed by atoms with Crippen molar-refractivity contribution in [3.63, 3.8) is 0 Å². The van der Waals surface area contributed by atoms with Gasteiger partial charge in [-0.05, 0) is 35.3 Å². The van der Waals surface area contributed by atoms with Crippen LogP contribution in [0.25, 0.3) is 0 Å². The summed E-state index contributed by atoms with van der Waals surface area (Å²) < 4.78 is 18.8. The highest BCUT2D eigenvalue weighted by atomic mass is 35.5. The monoisotopic (exact) mass is 331 g/mol. The van der Waals surface area contributed by atoms with E-state index < -0.39 is 5.82 Å². The summed E-state index contributed by atoms with van der Waals surface area (Å²) in [5.74, 6) is -0.821. The summed E-state index contributed by atoms with van der Waals surface area (Å²) in [6, 6.07) is 2.66. The summed E-state index contributed by atoms with van der Waals surface area (Å²) in [5.41, 5.74) is 0.534. The van der Waals surface area contributed by atoms with Crippen LogP contribution in [-0.2, 0) is 16.0 Å². The van der Waals surface area contributed by atoms with E-state index in [1.165, 1.54) is 19.2 Å². The van der Waals surface area contributed by atoms with Crippen LogP contribution < -0.4 is 5.32 Å². The van der Waals surface area contributed by atoms with Gasteiger partial charge >= 0.3 is 0 Å². The number of anilines is 1. The summed E-state index contributed by atoms with van der Waals surface area (Å²) in [5, 5.41) is 3.16. The molecule has 0 fully saturated rings. The van der Waals surface area contributed by atoms with E-state index in [2.05, 4.69) is 5.32 Å². The number of nitrogens with one attached hydrogen (secondary N) is 1. The van der Waals surface area contributed by atoms with Gasteiger partial charge in [0.15, 0.2) is 5.05 Å². The molecule has 0 aliphatic carbocycles. The van der Waals surface area contributed by atoms with Gasteiger partial charge in [0.05, 0.1) is 12.8 Å². The fraction of sp³-hybridized carbons (Fsp3) is 0.467. The van der Waals surface area contributed by atoms with Gasteiger partial charge < -0.3 is 10.1 Å². The molecule has 0 heterocycles. The van der Waals surface area contributed by atoms with E-state index in [-0.39, 0.29) is 28.5 Å². The summed E-state index contributed by atoms with van der Waals surface area (Å²) >= 11 is 10.9. The summed E-state index contributed by atoms with van der Waals surface area (Å²) in [4.78, 5) is 11.9. The summed E-state index contributed by atoms with van der Waals surface area (Å²) in [7, 11) is 1.46. The smallest absolute Gasteiger partial charge is 0.224 e. The van der Waals surface area contributed by atoms with E-state index in [0.717, 1.165) is 0 Å². The van der Waals surface area contributed by atoms with Crippen LogP contribution >= 0.6 is 23.8 Å². The molecule has 0 aromatic heterocycles. The van der Waals surface area contributed by atoms with Gasteiger partial charge in [0.1, 0.15) is 5.82 Å². The number of rotatable bonds is 4. The molecule has 0 aliphatic heterocycles. The molecule has 3 nitrogen and oxygen atoms in total. The molecular weight excluding hydrogens is 313 g/mol. The molecule has 0 saturated carbocycles. The molecule has 0 atom stereocenters. The minimum absolute atomic E-state index is 0.0996. The number of benzene rings is 1. The fourth-order valence-electron chi connectivity index (χ4n) is 1.73. The lowest BCUT2D eigenvalue weighted by Gasteiger charge is -2.18. The van der Waals surface area contributed by atoms with Crippen molar-refractivity contribution in [1.29, 1.82) is 0 Å². The molecule has 0 bridgehead atoms. The van der Waals surface area contributed by atoms with Crippen molar-refractivity contribution in [2.75, 3.05) is 12.4 Å². The Morgan fingerprint density at radius 3 is 2.57 bits per heavy atom. The zero-order valence-corrected chi connectivity index (χ0v) is 14.1. The number of carbonyl (C=O) groups is 1. The highest BCUT2D eigenvalue weighted by Gasteiger charge is 2.18. The predicted molar refractivity (Wildman–Crippen MR) is 87.4 cm³/mol. The molecule has 1 amide bonds. The zero-order chi connectivity index (χ0) is 16.2. The van der Waals surface area contributed by atoms with E-state index in [0.29, 0.717) is 17.0 Å². The molecule has 1 N–H and O–H groups in total. The zero-order valence-electron chi connectivity index (χ0n) is 12.5. The third-order valence-electron chi connectivity index (χ3n) is 2.66. The number of ether oxygens (including phenoxy) is 1. The molecular formula is C15H19ClFNO2S. The largest absolute Gasteiger partial charge is 0.490 e. The van der Waals surface area contributed by atoms with Crippen molar-refractivity contribution in [2.45, 2.75) is 33.6 Å². The summed E-state index contributed by atoms with van der Waals surface area (Å²) in [6.45, 7) is 5.81. The van der Waals surface area contributed by atoms with Crippen LogP contribution in [0.1, 0.15) is 32.8 Å². The topological polar surface area (TPSA) is 38.3 Å². The Bertz CT molecular complexity index is 555. The Balaban J connectivity index is 2.94. The Hall–Kier alpha value is -1.20. The van der Waals surface area contributed by atoms with Gasteiger partial charge in [-0.25, -0.2) is 4.39 Å². The molecule has 0 radical (unpaired) electrons. The van der Waals surface area contributed by atoms with Gasteiger partial charge in [-0.1, -0.05) is 32.4 Å². The van der Waals surface area contributed by atoms with E-state index in [1.807, 2.05) is 20.8 Å². The van der Waals surface area contributed by atoms with Crippen molar-refractivity contribution in [3.8, 4) is 0 Å². The van der Waals surface area contributed by atoms with Crippen molar-refractivity contribution in [2.24, 2.45) is 5.41 Å². The number of methoxy groups -OCH3 is 1. The van der Waals surface area contributed by atoms with Crippen LogP contribution in [0, 0.1) is 11.2 Å². The maximum Gasteiger partial charge on any atom is 0.224 e. The van der Waals surface area contributed by atoms with Gasteiger partial charge in [-0.3, -0.25) is 4.79 Å². The van der Waals surface area contributed by atoms with Crippen molar-refractivity contribution >= 4 is 40.5 Å². The third kappa shape index (κ3) is 5.98. The first kappa shape index (κ1) is 17.9. The van der Waals surface area contributed by atoms with Gasteiger partial charge in [0, 0.05) is 17.9 Å². The van der Waals surface area contributed by atoms with E-state index >= 15 is 0 Å². The second-order valence-electron chi connectivity index (χ2n) is 5.96. The van der Waals surface area contributed by atoms with Crippen molar-refractivity contribution in [1.82, 2.24) is 0 Å². The van der Waals surface area contributed by atoms with Gasteiger partial charge in [0.25, 0.3) is 0 Å². The van der Waals surface area contributed by atoms with Crippen LogP contribution in [0.4, 0.5) is 10.1 Å². The first-order valence-electron chi connectivity index (χ1n) is 6.47. The van der Waals surface area contributed by atoms with Crippen LogP contribution in [0.3, 0.4) is 0 Å². The van der Waals surface area contributed by atoms with Gasteiger partial charge in [-0.15, -0.1) is 0 Å². The van der Waals surface area contributed by atoms with Gasteiger partial charge in [-0.2, -0.15) is 0 Å². The number of thiocarbonyl (C=S) groups is 1. The standard InChI is InChI=1S/C15H19ClFNO2S/c1-15(2,3)8-13(19)18-12-5-9(6-14(21)20-4)10(16)7-11(12)17/h5,7H,6,8H2,1-4H3,(H,18,19). The van der Waals surface area contributed by atoms with Crippen molar-refractivity contribution in [3.05, 3.63) is 28.5 Å². The number of amides is 1. The minimum Gasteiger partial charge on any atom is -0.490 e. The fourth-order valence-corrected chi connectivity index (χ4v) is 2.10.